The third-order valence-electron chi connectivity index (χ3n) is 3.33. The SMILES string of the molecule is CCNC(=NCCC(C)C)NCCN1C(=O)CCCC1=O.I. The lowest BCUT2D eigenvalue weighted by Crippen LogP contribution is -2.46. The molecule has 0 aromatic heterocycles. The molecule has 0 aromatic rings. The fourth-order valence-electron chi connectivity index (χ4n) is 2.11. The van der Waals surface area contributed by atoms with Gasteiger partial charge in [0.05, 0.1) is 0 Å². The lowest BCUT2D eigenvalue weighted by Gasteiger charge is -2.25. The maximum atomic E-state index is 11.7. The van der Waals surface area contributed by atoms with Gasteiger partial charge in [-0.15, -0.1) is 24.0 Å². The van der Waals surface area contributed by atoms with Crippen molar-refractivity contribution < 1.29 is 9.59 Å². The van der Waals surface area contributed by atoms with Crippen LogP contribution in [0.25, 0.3) is 0 Å². The maximum absolute atomic E-state index is 11.7. The molecule has 1 rings (SSSR count). The minimum absolute atomic E-state index is 0. The number of aliphatic imine (C=N–C) groups is 1. The average Bonchev–Trinajstić information content (AvgIpc) is 2.41. The van der Waals surface area contributed by atoms with E-state index >= 15 is 0 Å². The largest absolute Gasteiger partial charge is 0.357 e. The second-order valence-corrected chi connectivity index (χ2v) is 5.66. The molecule has 2 N–H and O–H groups in total. The first-order chi connectivity index (χ1) is 10.0. The number of hydrogen-bond donors (Lipinski definition) is 2. The quantitative estimate of drug-likeness (QED) is 0.283. The number of rotatable bonds is 7. The summed E-state index contributed by atoms with van der Waals surface area (Å²) in [6.07, 6.45) is 2.68. The molecule has 1 fully saturated rings. The Labute approximate surface area is 150 Å². The molecule has 0 atom stereocenters. The van der Waals surface area contributed by atoms with E-state index in [9.17, 15) is 9.59 Å². The normalized spacial score (nSPS) is 15.8. The van der Waals surface area contributed by atoms with Gasteiger partial charge >= 0.3 is 0 Å². The highest BCUT2D eigenvalue weighted by Crippen LogP contribution is 2.11. The molecule has 1 heterocycles. The Balaban J connectivity index is 0.00000441. The van der Waals surface area contributed by atoms with Crippen LogP contribution < -0.4 is 10.6 Å². The molecule has 0 radical (unpaired) electrons. The number of likely N-dealkylation sites (tertiary alicyclic amines) is 1. The molecule has 1 saturated heterocycles. The highest BCUT2D eigenvalue weighted by atomic mass is 127. The van der Waals surface area contributed by atoms with Crippen molar-refractivity contribution >= 4 is 41.8 Å². The number of hydrogen-bond acceptors (Lipinski definition) is 3. The third kappa shape index (κ3) is 7.95. The summed E-state index contributed by atoms with van der Waals surface area (Å²) in [4.78, 5) is 29.2. The summed E-state index contributed by atoms with van der Waals surface area (Å²) in [5.74, 6) is 1.25. The van der Waals surface area contributed by atoms with Gasteiger partial charge in [0.15, 0.2) is 5.96 Å². The zero-order valence-corrected chi connectivity index (χ0v) is 16.2. The molecule has 22 heavy (non-hydrogen) atoms. The van der Waals surface area contributed by atoms with Crippen LogP contribution in [0.1, 0.15) is 46.5 Å². The van der Waals surface area contributed by atoms with E-state index in [0.29, 0.717) is 38.3 Å². The van der Waals surface area contributed by atoms with Gasteiger partial charge < -0.3 is 10.6 Å². The van der Waals surface area contributed by atoms with Crippen LogP contribution in [0.4, 0.5) is 0 Å². The molecular weight excluding hydrogens is 395 g/mol. The van der Waals surface area contributed by atoms with Crippen molar-refractivity contribution in [2.45, 2.75) is 46.5 Å². The summed E-state index contributed by atoms with van der Waals surface area (Å²) < 4.78 is 0. The molecule has 7 heteroatoms. The summed E-state index contributed by atoms with van der Waals surface area (Å²) in [5.41, 5.74) is 0. The number of nitrogens with zero attached hydrogens (tertiary/aromatic N) is 2. The fourth-order valence-corrected chi connectivity index (χ4v) is 2.11. The van der Waals surface area contributed by atoms with Gasteiger partial charge in [-0.05, 0) is 25.7 Å². The number of halogens is 1. The van der Waals surface area contributed by atoms with Crippen molar-refractivity contribution in [2.24, 2.45) is 10.9 Å². The number of amides is 2. The molecule has 0 aromatic carbocycles. The van der Waals surface area contributed by atoms with Gasteiger partial charge in [-0.3, -0.25) is 19.5 Å². The van der Waals surface area contributed by atoms with E-state index in [-0.39, 0.29) is 35.8 Å². The Hall–Kier alpha value is -0.860. The maximum Gasteiger partial charge on any atom is 0.229 e. The van der Waals surface area contributed by atoms with E-state index in [4.69, 9.17) is 0 Å². The van der Waals surface area contributed by atoms with Gasteiger partial charge in [0.1, 0.15) is 0 Å². The minimum Gasteiger partial charge on any atom is -0.357 e. The molecule has 128 valence electrons. The fraction of sp³-hybridized carbons (Fsp3) is 0.800. The van der Waals surface area contributed by atoms with Crippen molar-refractivity contribution in [1.29, 1.82) is 0 Å². The molecular formula is C15H29IN4O2. The Morgan fingerprint density at radius 3 is 2.41 bits per heavy atom. The van der Waals surface area contributed by atoms with E-state index in [0.717, 1.165) is 25.5 Å². The van der Waals surface area contributed by atoms with Gasteiger partial charge in [0.25, 0.3) is 0 Å². The standard InChI is InChI=1S/C15H28N4O2.HI/c1-4-16-15(17-9-8-12(2)3)18-10-11-19-13(20)6-5-7-14(19)21;/h12H,4-11H2,1-3H3,(H2,16,17,18);1H. The zero-order valence-electron chi connectivity index (χ0n) is 13.9. The number of nitrogens with one attached hydrogen (secondary N) is 2. The molecule has 1 aliphatic rings. The summed E-state index contributed by atoms with van der Waals surface area (Å²) in [6, 6.07) is 0. The Morgan fingerprint density at radius 1 is 1.23 bits per heavy atom. The molecule has 6 nitrogen and oxygen atoms in total. The molecule has 0 unspecified atom stereocenters. The zero-order chi connectivity index (χ0) is 15.7. The Kier molecular flexibility index (Phi) is 11.2. The van der Waals surface area contributed by atoms with Crippen LogP contribution in [0.15, 0.2) is 4.99 Å². The van der Waals surface area contributed by atoms with Gasteiger partial charge in [-0.2, -0.15) is 0 Å². The van der Waals surface area contributed by atoms with Gasteiger partial charge in [0.2, 0.25) is 11.8 Å². The van der Waals surface area contributed by atoms with E-state index in [1.165, 1.54) is 4.90 Å². The summed E-state index contributed by atoms with van der Waals surface area (Å²) in [5, 5.41) is 6.34. The van der Waals surface area contributed by atoms with Gasteiger partial charge in [-0.25, -0.2) is 0 Å². The number of carbonyl (C=O) groups excluding carboxylic acids is 2. The van der Waals surface area contributed by atoms with Crippen LogP contribution in [-0.4, -0.2) is 48.9 Å². The van der Waals surface area contributed by atoms with Crippen molar-refractivity contribution in [3.63, 3.8) is 0 Å². The first kappa shape index (κ1) is 21.1. The van der Waals surface area contributed by atoms with Crippen LogP contribution in [0.3, 0.4) is 0 Å². The number of carbonyl (C=O) groups is 2. The van der Waals surface area contributed by atoms with Crippen molar-refractivity contribution in [1.82, 2.24) is 15.5 Å². The Bertz CT molecular complexity index is 370. The first-order valence-corrected chi connectivity index (χ1v) is 7.90. The monoisotopic (exact) mass is 424 g/mol. The van der Waals surface area contributed by atoms with Crippen molar-refractivity contribution in [3.8, 4) is 0 Å². The van der Waals surface area contributed by atoms with Crippen LogP contribution in [0, 0.1) is 5.92 Å². The number of guanidine groups is 1. The highest BCUT2D eigenvalue weighted by molar-refractivity contribution is 14.0. The summed E-state index contributed by atoms with van der Waals surface area (Å²) >= 11 is 0. The number of imide groups is 1. The van der Waals surface area contributed by atoms with Gasteiger partial charge in [-0.1, -0.05) is 13.8 Å². The summed E-state index contributed by atoms with van der Waals surface area (Å²) in [7, 11) is 0. The van der Waals surface area contributed by atoms with Gasteiger partial charge in [0, 0.05) is 39.0 Å². The van der Waals surface area contributed by atoms with E-state index in [1.807, 2.05) is 6.92 Å². The van der Waals surface area contributed by atoms with Crippen molar-refractivity contribution in [2.75, 3.05) is 26.2 Å². The lowest BCUT2D eigenvalue weighted by molar-refractivity contribution is -0.147. The molecule has 0 saturated carbocycles. The van der Waals surface area contributed by atoms with Crippen LogP contribution in [0.5, 0.6) is 0 Å². The molecule has 0 aliphatic carbocycles. The first-order valence-electron chi connectivity index (χ1n) is 7.90. The van der Waals surface area contributed by atoms with Crippen LogP contribution >= 0.6 is 24.0 Å². The molecule has 0 spiro atoms. The number of piperidine rings is 1. The third-order valence-corrected chi connectivity index (χ3v) is 3.33. The van der Waals surface area contributed by atoms with E-state index < -0.39 is 0 Å². The van der Waals surface area contributed by atoms with E-state index in [2.05, 4.69) is 29.5 Å². The molecule has 2 amide bonds. The second-order valence-electron chi connectivity index (χ2n) is 5.66. The van der Waals surface area contributed by atoms with E-state index in [1.54, 1.807) is 0 Å². The topological polar surface area (TPSA) is 73.8 Å². The summed E-state index contributed by atoms with van der Waals surface area (Å²) in [6.45, 7) is 8.85. The van der Waals surface area contributed by atoms with Crippen molar-refractivity contribution in [3.05, 3.63) is 0 Å². The lowest BCUT2D eigenvalue weighted by atomic mass is 10.1. The smallest absolute Gasteiger partial charge is 0.229 e. The molecule has 1 aliphatic heterocycles. The highest BCUT2D eigenvalue weighted by Gasteiger charge is 2.25. The minimum atomic E-state index is -0.0604. The second kappa shape index (κ2) is 11.7. The molecule has 0 bridgehead atoms. The predicted molar refractivity (Wildman–Crippen MR) is 99.4 cm³/mol. The van der Waals surface area contributed by atoms with Crippen LogP contribution in [-0.2, 0) is 9.59 Å². The van der Waals surface area contributed by atoms with Crippen LogP contribution in [0.2, 0.25) is 0 Å². The average molecular weight is 424 g/mol. The Morgan fingerprint density at radius 2 is 1.86 bits per heavy atom. The predicted octanol–water partition coefficient (Wildman–Crippen LogP) is 1.74.